The molecule has 0 atom stereocenters. The molecule has 3 aromatic rings. The van der Waals surface area contributed by atoms with Crippen LogP contribution in [0.1, 0.15) is 5.56 Å². The predicted octanol–water partition coefficient (Wildman–Crippen LogP) is 4.32. The predicted molar refractivity (Wildman–Crippen MR) is 89.5 cm³/mol. The molecule has 0 unspecified atom stereocenters. The van der Waals surface area contributed by atoms with Gasteiger partial charge in [0.25, 0.3) is 0 Å². The zero-order valence-corrected chi connectivity index (χ0v) is 13.7. The summed E-state index contributed by atoms with van der Waals surface area (Å²) in [6.45, 7) is 0. The lowest BCUT2D eigenvalue weighted by Gasteiger charge is -2.09. The van der Waals surface area contributed by atoms with Crippen molar-refractivity contribution in [3.05, 3.63) is 84.2 Å². The van der Waals surface area contributed by atoms with Gasteiger partial charge in [0.1, 0.15) is 5.75 Å². The number of hydrogen-bond donors (Lipinski definition) is 0. The van der Waals surface area contributed by atoms with Crippen molar-refractivity contribution in [2.24, 2.45) is 0 Å². The van der Waals surface area contributed by atoms with Gasteiger partial charge in [-0.15, -0.1) is 0 Å². The molecule has 0 aliphatic heterocycles. The van der Waals surface area contributed by atoms with E-state index in [-0.39, 0.29) is 21.3 Å². The van der Waals surface area contributed by atoms with E-state index in [1.54, 1.807) is 36.4 Å². The van der Waals surface area contributed by atoms with Gasteiger partial charge >= 0.3 is 0 Å². The zero-order chi connectivity index (χ0) is 17.9. The molecular weight excluding hydrogens is 341 g/mol. The molecule has 0 heterocycles. The van der Waals surface area contributed by atoms with Crippen LogP contribution in [0.5, 0.6) is 11.5 Å². The highest BCUT2D eigenvalue weighted by molar-refractivity contribution is 7.91. The minimum absolute atomic E-state index is 0.0878. The Labute approximate surface area is 144 Å². The average molecular weight is 353 g/mol. The smallest absolute Gasteiger partial charge is 0.206 e. The monoisotopic (exact) mass is 353 g/mol. The molecule has 0 spiro atoms. The Hall–Kier alpha value is -3.17. The Morgan fingerprint density at radius 3 is 2.32 bits per heavy atom. The lowest BCUT2D eigenvalue weighted by molar-refractivity contribution is 0.440. The van der Waals surface area contributed by atoms with E-state index in [0.29, 0.717) is 5.56 Å². The van der Waals surface area contributed by atoms with Crippen molar-refractivity contribution in [3.63, 3.8) is 0 Å². The lowest BCUT2D eigenvalue weighted by atomic mass is 10.2. The molecule has 0 amide bonds. The van der Waals surface area contributed by atoms with Crippen LogP contribution in [0.2, 0.25) is 0 Å². The summed E-state index contributed by atoms with van der Waals surface area (Å²) >= 11 is 0. The molecule has 0 radical (unpaired) electrons. The third-order valence-electron chi connectivity index (χ3n) is 3.46. The molecule has 0 N–H and O–H groups in total. The van der Waals surface area contributed by atoms with E-state index in [2.05, 4.69) is 0 Å². The van der Waals surface area contributed by atoms with Crippen molar-refractivity contribution < 1.29 is 17.5 Å². The number of rotatable bonds is 4. The number of halogens is 1. The van der Waals surface area contributed by atoms with E-state index < -0.39 is 15.7 Å². The number of benzene rings is 3. The zero-order valence-electron chi connectivity index (χ0n) is 12.9. The highest BCUT2D eigenvalue weighted by Gasteiger charge is 2.19. The van der Waals surface area contributed by atoms with Gasteiger partial charge in [0, 0.05) is 0 Å². The first-order valence-corrected chi connectivity index (χ1v) is 8.77. The van der Waals surface area contributed by atoms with Crippen molar-refractivity contribution in [1.29, 1.82) is 5.26 Å². The Balaban J connectivity index is 1.92. The third kappa shape index (κ3) is 3.52. The Kier molecular flexibility index (Phi) is 4.50. The molecule has 4 nitrogen and oxygen atoms in total. The van der Waals surface area contributed by atoms with Crippen molar-refractivity contribution in [3.8, 4) is 17.6 Å². The fourth-order valence-corrected chi connectivity index (χ4v) is 3.52. The van der Waals surface area contributed by atoms with E-state index >= 15 is 0 Å². The number of ether oxygens (including phenoxy) is 1. The first kappa shape index (κ1) is 16.7. The molecule has 0 bridgehead atoms. The van der Waals surface area contributed by atoms with E-state index in [4.69, 9.17) is 10.00 Å². The fraction of sp³-hybridized carbons (Fsp3) is 0. The van der Waals surface area contributed by atoms with Crippen molar-refractivity contribution in [2.75, 3.05) is 0 Å². The molecular formula is C19H12FNO3S. The molecule has 6 heteroatoms. The maximum Gasteiger partial charge on any atom is 0.206 e. The van der Waals surface area contributed by atoms with Crippen LogP contribution in [0.25, 0.3) is 0 Å². The van der Waals surface area contributed by atoms with Crippen LogP contribution in [0.3, 0.4) is 0 Å². The third-order valence-corrected chi connectivity index (χ3v) is 5.23. The molecule has 0 aliphatic rings. The summed E-state index contributed by atoms with van der Waals surface area (Å²) in [5.41, 5.74) is 0.376. The van der Waals surface area contributed by atoms with Crippen molar-refractivity contribution >= 4 is 9.84 Å². The number of sulfone groups is 1. The fourth-order valence-electron chi connectivity index (χ4n) is 2.22. The molecule has 3 rings (SSSR count). The van der Waals surface area contributed by atoms with Crippen LogP contribution in [-0.2, 0) is 9.84 Å². The quantitative estimate of drug-likeness (QED) is 0.700. The summed E-state index contributed by atoms with van der Waals surface area (Å²) < 4.78 is 44.7. The van der Waals surface area contributed by atoms with Gasteiger partial charge in [0.2, 0.25) is 9.84 Å². The Morgan fingerprint density at radius 1 is 0.880 bits per heavy atom. The van der Waals surface area contributed by atoms with E-state index in [1.165, 1.54) is 30.3 Å². The van der Waals surface area contributed by atoms with Gasteiger partial charge in [-0.25, -0.2) is 12.8 Å². The number of nitrogens with zero attached hydrogens (tertiary/aromatic N) is 1. The van der Waals surface area contributed by atoms with Crippen LogP contribution in [0.4, 0.5) is 4.39 Å². The first-order valence-electron chi connectivity index (χ1n) is 7.28. The van der Waals surface area contributed by atoms with Gasteiger partial charge in [0.05, 0.1) is 21.4 Å². The normalized spacial score (nSPS) is 10.9. The average Bonchev–Trinajstić information content (AvgIpc) is 2.64. The largest absolute Gasteiger partial charge is 0.454 e. The topological polar surface area (TPSA) is 67.2 Å². The molecule has 0 saturated heterocycles. The van der Waals surface area contributed by atoms with Crippen molar-refractivity contribution in [2.45, 2.75) is 9.79 Å². The van der Waals surface area contributed by atoms with E-state index in [1.807, 2.05) is 6.07 Å². The highest BCUT2D eigenvalue weighted by Crippen LogP contribution is 2.29. The van der Waals surface area contributed by atoms with Gasteiger partial charge < -0.3 is 4.74 Å². The minimum Gasteiger partial charge on any atom is -0.454 e. The van der Waals surface area contributed by atoms with E-state index in [0.717, 1.165) is 6.07 Å². The summed E-state index contributed by atoms with van der Waals surface area (Å²) in [4.78, 5) is -0.0703. The summed E-state index contributed by atoms with van der Waals surface area (Å²) in [6, 6.07) is 19.5. The first-order chi connectivity index (χ1) is 12.0. The Morgan fingerprint density at radius 2 is 1.64 bits per heavy atom. The summed E-state index contributed by atoms with van der Waals surface area (Å²) in [5, 5.41) is 8.87. The van der Waals surface area contributed by atoms with Gasteiger partial charge in [0.15, 0.2) is 11.6 Å². The highest BCUT2D eigenvalue weighted by atomic mass is 32.2. The maximum absolute atomic E-state index is 14.3. The summed E-state index contributed by atoms with van der Waals surface area (Å²) in [6.07, 6.45) is 0. The maximum atomic E-state index is 14.3. The van der Waals surface area contributed by atoms with Crippen LogP contribution < -0.4 is 4.74 Å². The van der Waals surface area contributed by atoms with Crippen molar-refractivity contribution in [1.82, 2.24) is 0 Å². The van der Waals surface area contributed by atoms with Gasteiger partial charge in [-0.2, -0.15) is 5.26 Å². The lowest BCUT2D eigenvalue weighted by Crippen LogP contribution is -2.02. The molecule has 0 saturated carbocycles. The van der Waals surface area contributed by atoms with Crippen LogP contribution in [-0.4, -0.2) is 8.42 Å². The second kappa shape index (κ2) is 6.75. The van der Waals surface area contributed by atoms with Crippen LogP contribution >= 0.6 is 0 Å². The molecule has 3 aromatic carbocycles. The number of hydrogen-bond acceptors (Lipinski definition) is 4. The minimum atomic E-state index is -3.80. The second-order valence-corrected chi connectivity index (χ2v) is 7.10. The van der Waals surface area contributed by atoms with E-state index in [9.17, 15) is 12.8 Å². The van der Waals surface area contributed by atoms with Gasteiger partial charge in [-0.05, 0) is 48.5 Å². The molecule has 0 aliphatic carbocycles. The molecule has 25 heavy (non-hydrogen) atoms. The SMILES string of the molecule is N#Cc1cccc(Oc2ccc(S(=O)(=O)c3ccccc3)cc2F)c1. The van der Waals surface area contributed by atoms with Crippen LogP contribution in [0.15, 0.2) is 82.6 Å². The second-order valence-electron chi connectivity index (χ2n) is 5.15. The molecule has 124 valence electrons. The molecule has 0 fully saturated rings. The summed E-state index contributed by atoms with van der Waals surface area (Å²) in [5.74, 6) is -0.641. The standard InChI is InChI=1S/C19H12FNO3S/c20-18-12-17(25(22,23)16-7-2-1-3-8-16)9-10-19(18)24-15-6-4-5-14(11-15)13-21/h1-12H. The van der Waals surface area contributed by atoms with Gasteiger partial charge in [-0.3, -0.25) is 0 Å². The molecule has 0 aromatic heterocycles. The van der Waals surface area contributed by atoms with Crippen LogP contribution in [0, 0.1) is 17.1 Å². The number of nitriles is 1. The summed E-state index contributed by atoms with van der Waals surface area (Å²) in [7, 11) is -3.80. The Bertz CT molecular complexity index is 1060. The van der Waals surface area contributed by atoms with Gasteiger partial charge in [-0.1, -0.05) is 24.3 Å².